The van der Waals surface area contributed by atoms with Gasteiger partial charge in [-0.2, -0.15) is 0 Å². The van der Waals surface area contributed by atoms with Crippen molar-refractivity contribution >= 4 is 11.7 Å². The van der Waals surface area contributed by atoms with Gasteiger partial charge in [0, 0.05) is 26.8 Å². The Hall–Kier alpha value is -2.56. The number of hydrogen-bond donors (Lipinski definition) is 1. The molecule has 122 valence electrons. The molecule has 5 nitrogen and oxygen atoms in total. The first-order chi connectivity index (χ1) is 11.1. The van der Waals surface area contributed by atoms with Crippen LogP contribution >= 0.6 is 0 Å². The standard InChI is InChI=1S/C18H23N3O2/c1-21(2)17-16(7-5-12-19-17)18(22)20-13-4-6-14-8-10-15(23-3)11-9-14/h5,7-12H,4,6,13H2,1-3H3,(H,20,22). The zero-order valence-corrected chi connectivity index (χ0v) is 13.9. The monoisotopic (exact) mass is 313 g/mol. The molecule has 0 radical (unpaired) electrons. The number of nitrogens with zero attached hydrogens (tertiary/aromatic N) is 2. The Morgan fingerprint density at radius 3 is 2.61 bits per heavy atom. The lowest BCUT2D eigenvalue weighted by Crippen LogP contribution is -2.27. The molecule has 23 heavy (non-hydrogen) atoms. The lowest BCUT2D eigenvalue weighted by atomic mass is 10.1. The lowest BCUT2D eigenvalue weighted by Gasteiger charge is -2.15. The summed E-state index contributed by atoms with van der Waals surface area (Å²) in [4.78, 5) is 18.4. The predicted molar refractivity (Wildman–Crippen MR) is 92.2 cm³/mol. The van der Waals surface area contributed by atoms with Crippen LogP contribution in [0.15, 0.2) is 42.6 Å². The van der Waals surface area contributed by atoms with Crippen LogP contribution in [0, 0.1) is 0 Å². The first kappa shape index (κ1) is 16.8. The van der Waals surface area contributed by atoms with Crippen LogP contribution in [0.1, 0.15) is 22.3 Å². The summed E-state index contributed by atoms with van der Waals surface area (Å²) in [6, 6.07) is 11.6. The number of hydrogen-bond acceptors (Lipinski definition) is 4. The zero-order valence-electron chi connectivity index (χ0n) is 13.9. The van der Waals surface area contributed by atoms with Gasteiger partial charge in [0.1, 0.15) is 11.6 Å². The largest absolute Gasteiger partial charge is 0.497 e. The van der Waals surface area contributed by atoms with Crippen molar-refractivity contribution in [2.24, 2.45) is 0 Å². The zero-order chi connectivity index (χ0) is 16.7. The van der Waals surface area contributed by atoms with E-state index in [1.807, 2.05) is 43.3 Å². The quantitative estimate of drug-likeness (QED) is 0.798. The maximum Gasteiger partial charge on any atom is 0.255 e. The van der Waals surface area contributed by atoms with Gasteiger partial charge in [0.2, 0.25) is 0 Å². The highest BCUT2D eigenvalue weighted by Crippen LogP contribution is 2.14. The number of aryl methyl sites for hydroxylation is 1. The molecular formula is C18H23N3O2. The number of rotatable bonds is 7. The molecule has 1 aromatic carbocycles. The van der Waals surface area contributed by atoms with Crippen molar-refractivity contribution < 1.29 is 9.53 Å². The van der Waals surface area contributed by atoms with E-state index in [2.05, 4.69) is 10.3 Å². The molecule has 2 rings (SSSR count). The Morgan fingerprint density at radius 2 is 1.96 bits per heavy atom. The van der Waals surface area contributed by atoms with Gasteiger partial charge in [-0.1, -0.05) is 12.1 Å². The highest BCUT2D eigenvalue weighted by atomic mass is 16.5. The minimum Gasteiger partial charge on any atom is -0.497 e. The summed E-state index contributed by atoms with van der Waals surface area (Å²) in [6.07, 6.45) is 3.49. The minimum atomic E-state index is -0.0865. The smallest absolute Gasteiger partial charge is 0.255 e. The average molecular weight is 313 g/mol. The molecule has 0 atom stereocenters. The number of benzene rings is 1. The van der Waals surface area contributed by atoms with Crippen LogP contribution in [-0.4, -0.2) is 38.6 Å². The first-order valence-corrected chi connectivity index (χ1v) is 7.65. The summed E-state index contributed by atoms with van der Waals surface area (Å²) < 4.78 is 5.14. The fourth-order valence-electron chi connectivity index (χ4n) is 2.31. The molecule has 0 unspecified atom stereocenters. The second-order valence-electron chi connectivity index (χ2n) is 5.48. The van der Waals surface area contributed by atoms with Gasteiger partial charge in [0.25, 0.3) is 5.91 Å². The minimum absolute atomic E-state index is 0.0865. The lowest BCUT2D eigenvalue weighted by molar-refractivity contribution is 0.0953. The van der Waals surface area contributed by atoms with Gasteiger partial charge in [-0.05, 0) is 42.7 Å². The van der Waals surface area contributed by atoms with E-state index in [0.717, 1.165) is 18.6 Å². The molecule has 0 spiro atoms. The molecule has 1 N–H and O–H groups in total. The van der Waals surface area contributed by atoms with Crippen LogP contribution < -0.4 is 15.0 Å². The van der Waals surface area contributed by atoms with Crippen molar-refractivity contribution in [1.29, 1.82) is 0 Å². The van der Waals surface area contributed by atoms with Crippen molar-refractivity contribution in [2.45, 2.75) is 12.8 Å². The molecule has 0 aliphatic heterocycles. The fourth-order valence-corrected chi connectivity index (χ4v) is 2.31. The van der Waals surface area contributed by atoms with Gasteiger partial charge in [0.05, 0.1) is 12.7 Å². The Morgan fingerprint density at radius 1 is 1.22 bits per heavy atom. The Bertz CT molecular complexity index is 639. The van der Waals surface area contributed by atoms with E-state index >= 15 is 0 Å². The fraction of sp³-hybridized carbons (Fsp3) is 0.333. The summed E-state index contributed by atoms with van der Waals surface area (Å²) in [5, 5.41) is 2.96. The Labute approximate surface area is 137 Å². The van der Waals surface area contributed by atoms with E-state index in [0.29, 0.717) is 17.9 Å². The maximum atomic E-state index is 12.3. The van der Waals surface area contributed by atoms with E-state index in [1.165, 1.54) is 5.56 Å². The highest BCUT2D eigenvalue weighted by Gasteiger charge is 2.12. The molecule has 1 amide bonds. The molecule has 1 aromatic heterocycles. The number of methoxy groups -OCH3 is 1. The summed E-state index contributed by atoms with van der Waals surface area (Å²) in [7, 11) is 5.41. The third kappa shape index (κ3) is 4.71. The molecule has 0 saturated carbocycles. The molecule has 0 aliphatic rings. The second kappa shape index (κ2) is 8.17. The molecular weight excluding hydrogens is 290 g/mol. The van der Waals surface area contributed by atoms with Gasteiger partial charge in [0.15, 0.2) is 0 Å². The summed E-state index contributed by atoms with van der Waals surface area (Å²) in [5.74, 6) is 1.45. The third-order valence-corrected chi connectivity index (χ3v) is 3.54. The number of pyridine rings is 1. The molecule has 2 aromatic rings. The van der Waals surface area contributed by atoms with Crippen LogP contribution in [0.3, 0.4) is 0 Å². The number of ether oxygens (including phenoxy) is 1. The Balaban J connectivity index is 1.83. The first-order valence-electron chi connectivity index (χ1n) is 7.65. The van der Waals surface area contributed by atoms with E-state index < -0.39 is 0 Å². The van der Waals surface area contributed by atoms with Gasteiger partial charge >= 0.3 is 0 Å². The van der Waals surface area contributed by atoms with Gasteiger partial charge in [-0.15, -0.1) is 0 Å². The van der Waals surface area contributed by atoms with Crippen LogP contribution in [-0.2, 0) is 6.42 Å². The summed E-state index contributed by atoms with van der Waals surface area (Å²) >= 11 is 0. The van der Waals surface area contributed by atoms with Gasteiger partial charge in [-0.3, -0.25) is 4.79 Å². The molecule has 0 saturated heterocycles. The van der Waals surface area contributed by atoms with E-state index in [-0.39, 0.29) is 5.91 Å². The topological polar surface area (TPSA) is 54.5 Å². The predicted octanol–water partition coefficient (Wildman–Crippen LogP) is 2.52. The summed E-state index contributed by atoms with van der Waals surface area (Å²) in [6.45, 7) is 0.632. The van der Waals surface area contributed by atoms with Crippen molar-refractivity contribution in [2.75, 3.05) is 32.6 Å². The van der Waals surface area contributed by atoms with Crippen molar-refractivity contribution in [3.05, 3.63) is 53.7 Å². The number of amides is 1. The van der Waals surface area contributed by atoms with Gasteiger partial charge < -0.3 is 15.0 Å². The van der Waals surface area contributed by atoms with E-state index in [9.17, 15) is 4.79 Å². The van der Waals surface area contributed by atoms with Crippen molar-refractivity contribution in [3.63, 3.8) is 0 Å². The molecule has 0 aliphatic carbocycles. The number of carbonyl (C=O) groups is 1. The number of anilines is 1. The molecule has 5 heteroatoms. The average Bonchev–Trinajstić information content (AvgIpc) is 2.59. The second-order valence-corrected chi connectivity index (χ2v) is 5.48. The molecule has 0 fully saturated rings. The summed E-state index contributed by atoms with van der Waals surface area (Å²) in [5.41, 5.74) is 1.83. The maximum absolute atomic E-state index is 12.3. The third-order valence-electron chi connectivity index (χ3n) is 3.54. The SMILES string of the molecule is COc1ccc(CCCNC(=O)c2cccnc2N(C)C)cc1. The number of nitrogens with one attached hydrogen (secondary N) is 1. The van der Waals surface area contributed by atoms with Crippen LogP contribution in [0.5, 0.6) is 5.75 Å². The Kier molecular flexibility index (Phi) is 5.97. The number of aromatic nitrogens is 1. The highest BCUT2D eigenvalue weighted by molar-refractivity contribution is 5.98. The van der Waals surface area contributed by atoms with Crippen LogP contribution in [0.25, 0.3) is 0 Å². The molecule has 1 heterocycles. The van der Waals surface area contributed by atoms with Crippen molar-refractivity contribution in [1.82, 2.24) is 10.3 Å². The van der Waals surface area contributed by atoms with E-state index in [1.54, 1.807) is 25.4 Å². The number of carbonyl (C=O) groups excluding carboxylic acids is 1. The van der Waals surface area contributed by atoms with Crippen LogP contribution in [0.4, 0.5) is 5.82 Å². The van der Waals surface area contributed by atoms with E-state index in [4.69, 9.17) is 4.74 Å². The van der Waals surface area contributed by atoms with Crippen LogP contribution in [0.2, 0.25) is 0 Å². The van der Waals surface area contributed by atoms with Gasteiger partial charge in [-0.25, -0.2) is 4.98 Å². The van der Waals surface area contributed by atoms with Crippen molar-refractivity contribution in [3.8, 4) is 5.75 Å². The molecule has 0 bridgehead atoms. The normalized spacial score (nSPS) is 10.2.